The van der Waals surface area contributed by atoms with Gasteiger partial charge in [-0.25, -0.2) is 4.98 Å². The van der Waals surface area contributed by atoms with Gasteiger partial charge in [-0.3, -0.25) is 0 Å². The maximum atomic E-state index is 4.45. The predicted molar refractivity (Wildman–Crippen MR) is 72.2 cm³/mol. The van der Waals surface area contributed by atoms with Gasteiger partial charge >= 0.3 is 0 Å². The Kier molecular flexibility index (Phi) is 4.15. The van der Waals surface area contributed by atoms with E-state index in [-0.39, 0.29) is 0 Å². The van der Waals surface area contributed by atoms with Crippen LogP contribution in [0.25, 0.3) is 0 Å². The Balaban J connectivity index is 2.03. The van der Waals surface area contributed by atoms with Crippen molar-refractivity contribution in [2.45, 2.75) is 32.9 Å². The normalized spacial score (nSPS) is 15.6. The van der Waals surface area contributed by atoms with Crippen molar-refractivity contribution in [2.75, 3.05) is 18.0 Å². The molecule has 3 nitrogen and oxygen atoms in total. The maximum absolute atomic E-state index is 4.45. The highest BCUT2D eigenvalue weighted by molar-refractivity contribution is 5.42. The highest BCUT2D eigenvalue weighted by Crippen LogP contribution is 2.15. The molecule has 0 saturated heterocycles. The third-order valence-corrected chi connectivity index (χ3v) is 2.91. The number of hydrogen-bond acceptors (Lipinski definition) is 3. The van der Waals surface area contributed by atoms with Gasteiger partial charge in [0.15, 0.2) is 0 Å². The lowest BCUT2D eigenvalue weighted by Crippen LogP contribution is -2.28. The van der Waals surface area contributed by atoms with Crippen LogP contribution in [0.5, 0.6) is 0 Å². The Morgan fingerprint density at radius 2 is 2.29 bits per heavy atom. The Hall–Kier alpha value is -1.35. The number of nitrogens with zero attached hydrogens (tertiary/aromatic N) is 2. The monoisotopic (exact) mass is 231 g/mol. The quantitative estimate of drug-likeness (QED) is 0.806. The molecule has 3 heteroatoms. The van der Waals surface area contributed by atoms with Gasteiger partial charge < -0.3 is 10.2 Å². The summed E-state index contributed by atoms with van der Waals surface area (Å²) in [5.41, 5.74) is 1.30. The highest BCUT2D eigenvalue weighted by atomic mass is 15.2. The lowest BCUT2D eigenvalue weighted by atomic mass is 10.2. The summed E-state index contributed by atoms with van der Waals surface area (Å²) < 4.78 is 0. The average molecular weight is 231 g/mol. The molecule has 0 bridgehead atoms. The molecule has 0 fully saturated rings. The van der Waals surface area contributed by atoms with Crippen LogP contribution in [0.15, 0.2) is 30.5 Å². The molecule has 92 valence electrons. The van der Waals surface area contributed by atoms with Gasteiger partial charge in [-0.2, -0.15) is 0 Å². The molecule has 2 rings (SSSR count). The van der Waals surface area contributed by atoms with Crippen molar-refractivity contribution in [1.82, 2.24) is 10.3 Å². The van der Waals surface area contributed by atoms with Crippen LogP contribution in [0.2, 0.25) is 0 Å². The standard InChI is InChI=1S/C14H21N3/c1-12(2)16-11-13-6-7-15-14(10-13)17-8-4-3-5-9-17/h3-4,6-7,10,12,16H,5,8-9,11H2,1-2H3. The second-order valence-electron chi connectivity index (χ2n) is 4.76. The zero-order valence-corrected chi connectivity index (χ0v) is 10.7. The van der Waals surface area contributed by atoms with Crippen molar-refractivity contribution in [1.29, 1.82) is 0 Å². The Morgan fingerprint density at radius 1 is 1.41 bits per heavy atom. The number of anilines is 1. The van der Waals surface area contributed by atoms with E-state index in [1.807, 2.05) is 6.20 Å². The van der Waals surface area contributed by atoms with Crippen molar-refractivity contribution < 1.29 is 0 Å². The van der Waals surface area contributed by atoms with Crippen molar-refractivity contribution >= 4 is 5.82 Å². The first-order valence-corrected chi connectivity index (χ1v) is 6.34. The molecule has 1 aliphatic heterocycles. The van der Waals surface area contributed by atoms with Crippen LogP contribution >= 0.6 is 0 Å². The average Bonchev–Trinajstić information content (AvgIpc) is 2.38. The number of rotatable bonds is 4. The van der Waals surface area contributed by atoms with E-state index < -0.39 is 0 Å². The fourth-order valence-corrected chi connectivity index (χ4v) is 1.91. The highest BCUT2D eigenvalue weighted by Gasteiger charge is 2.08. The van der Waals surface area contributed by atoms with Crippen LogP contribution < -0.4 is 10.2 Å². The molecule has 0 amide bonds. The van der Waals surface area contributed by atoms with Crippen LogP contribution in [-0.4, -0.2) is 24.1 Å². The van der Waals surface area contributed by atoms with E-state index in [2.05, 4.69) is 53.3 Å². The molecule has 1 aliphatic rings. The summed E-state index contributed by atoms with van der Waals surface area (Å²) in [6.07, 6.45) is 7.48. The summed E-state index contributed by atoms with van der Waals surface area (Å²) in [5.74, 6) is 1.09. The summed E-state index contributed by atoms with van der Waals surface area (Å²) in [5, 5.41) is 3.43. The minimum atomic E-state index is 0.518. The Morgan fingerprint density at radius 3 is 3.00 bits per heavy atom. The molecule has 0 atom stereocenters. The van der Waals surface area contributed by atoms with Crippen molar-refractivity contribution in [3.63, 3.8) is 0 Å². The van der Waals surface area contributed by atoms with Crippen LogP contribution in [0.1, 0.15) is 25.8 Å². The Bertz CT molecular complexity index is 385. The molecule has 0 aliphatic carbocycles. The van der Waals surface area contributed by atoms with Gasteiger partial charge in [-0.1, -0.05) is 26.0 Å². The van der Waals surface area contributed by atoms with Gasteiger partial charge in [0.2, 0.25) is 0 Å². The summed E-state index contributed by atoms with van der Waals surface area (Å²) in [6.45, 7) is 7.30. The van der Waals surface area contributed by atoms with Crippen molar-refractivity contribution in [2.24, 2.45) is 0 Å². The molecule has 0 unspecified atom stereocenters. The van der Waals surface area contributed by atoms with Gasteiger partial charge in [0.05, 0.1) is 0 Å². The zero-order chi connectivity index (χ0) is 12.1. The minimum Gasteiger partial charge on any atom is -0.353 e. The summed E-state index contributed by atoms with van der Waals surface area (Å²) >= 11 is 0. The molecule has 1 aromatic heterocycles. The van der Waals surface area contributed by atoms with Crippen molar-refractivity contribution in [3.8, 4) is 0 Å². The molecule has 0 radical (unpaired) electrons. The third kappa shape index (κ3) is 3.56. The third-order valence-electron chi connectivity index (χ3n) is 2.91. The van der Waals surface area contributed by atoms with E-state index in [4.69, 9.17) is 0 Å². The van der Waals surface area contributed by atoms with E-state index in [9.17, 15) is 0 Å². The van der Waals surface area contributed by atoms with E-state index >= 15 is 0 Å². The molecule has 0 spiro atoms. The minimum absolute atomic E-state index is 0.518. The van der Waals surface area contributed by atoms with Gasteiger partial charge in [0, 0.05) is 31.9 Å². The maximum Gasteiger partial charge on any atom is 0.129 e. The Labute approximate surface area is 104 Å². The van der Waals surface area contributed by atoms with Gasteiger partial charge in [-0.05, 0) is 24.1 Å². The number of hydrogen-bond donors (Lipinski definition) is 1. The van der Waals surface area contributed by atoms with Crippen LogP contribution in [0.3, 0.4) is 0 Å². The first-order chi connectivity index (χ1) is 8.25. The first kappa shape index (κ1) is 12.1. The molecule has 0 saturated carbocycles. The van der Waals surface area contributed by atoms with E-state index in [1.165, 1.54) is 5.56 Å². The number of aromatic nitrogens is 1. The van der Waals surface area contributed by atoms with Gasteiger partial charge in [0.1, 0.15) is 5.82 Å². The zero-order valence-electron chi connectivity index (χ0n) is 10.7. The first-order valence-electron chi connectivity index (χ1n) is 6.34. The largest absolute Gasteiger partial charge is 0.353 e. The molecule has 17 heavy (non-hydrogen) atoms. The summed E-state index contributed by atoms with van der Waals surface area (Å²) in [4.78, 5) is 6.77. The molecule has 1 N–H and O–H groups in total. The molecular weight excluding hydrogens is 210 g/mol. The van der Waals surface area contributed by atoms with Crippen LogP contribution in [0, 0.1) is 0 Å². The fraction of sp³-hybridized carbons (Fsp3) is 0.500. The SMILES string of the molecule is CC(C)NCc1ccnc(N2CC=CCC2)c1. The summed E-state index contributed by atoms with van der Waals surface area (Å²) in [6, 6.07) is 4.79. The molecular formula is C14H21N3. The summed E-state index contributed by atoms with van der Waals surface area (Å²) in [7, 11) is 0. The van der Waals surface area contributed by atoms with Crippen LogP contribution in [0.4, 0.5) is 5.82 Å². The van der Waals surface area contributed by atoms with Crippen molar-refractivity contribution in [3.05, 3.63) is 36.0 Å². The second-order valence-corrected chi connectivity index (χ2v) is 4.76. The van der Waals surface area contributed by atoms with E-state index in [1.54, 1.807) is 0 Å². The number of nitrogens with one attached hydrogen (secondary N) is 1. The number of pyridine rings is 1. The lowest BCUT2D eigenvalue weighted by molar-refractivity contribution is 0.588. The molecule has 2 heterocycles. The second kappa shape index (κ2) is 5.82. The lowest BCUT2D eigenvalue weighted by Gasteiger charge is -2.24. The fourth-order valence-electron chi connectivity index (χ4n) is 1.91. The molecule has 1 aromatic rings. The smallest absolute Gasteiger partial charge is 0.129 e. The molecule has 0 aromatic carbocycles. The van der Waals surface area contributed by atoms with E-state index in [0.717, 1.165) is 31.9 Å². The van der Waals surface area contributed by atoms with Crippen LogP contribution in [-0.2, 0) is 6.54 Å². The van der Waals surface area contributed by atoms with Gasteiger partial charge in [-0.15, -0.1) is 0 Å². The van der Waals surface area contributed by atoms with E-state index in [0.29, 0.717) is 6.04 Å². The van der Waals surface area contributed by atoms with Gasteiger partial charge in [0.25, 0.3) is 0 Å². The topological polar surface area (TPSA) is 28.2 Å². The predicted octanol–water partition coefficient (Wildman–Crippen LogP) is 2.35.